The van der Waals surface area contributed by atoms with E-state index < -0.39 is 0 Å². The first-order valence-corrected chi connectivity index (χ1v) is 6.02. The van der Waals surface area contributed by atoms with Crippen LogP contribution in [0.3, 0.4) is 0 Å². The molecule has 76 valence electrons. The normalized spacial score (nSPS) is 13.5. The molecule has 14 heavy (non-hydrogen) atoms. The Morgan fingerprint density at radius 2 is 2.43 bits per heavy atom. The SMILES string of the molecule is CCCCOc1ccc2c(c1)NCS2. The van der Waals surface area contributed by atoms with Gasteiger partial charge < -0.3 is 10.1 Å². The van der Waals surface area contributed by atoms with E-state index in [0.29, 0.717) is 0 Å². The molecule has 0 amide bonds. The van der Waals surface area contributed by atoms with Gasteiger partial charge in [-0.2, -0.15) is 0 Å². The van der Waals surface area contributed by atoms with E-state index >= 15 is 0 Å². The van der Waals surface area contributed by atoms with Crippen LogP contribution in [0.1, 0.15) is 19.8 Å². The van der Waals surface area contributed by atoms with Crippen LogP contribution in [0.25, 0.3) is 0 Å². The van der Waals surface area contributed by atoms with Crippen LogP contribution >= 0.6 is 11.8 Å². The first kappa shape index (κ1) is 9.71. The number of unbranched alkanes of at least 4 members (excludes halogenated alkanes) is 1. The molecule has 1 aliphatic heterocycles. The van der Waals surface area contributed by atoms with E-state index in [9.17, 15) is 0 Å². The summed E-state index contributed by atoms with van der Waals surface area (Å²) < 4.78 is 5.62. The van der Waals surface area contributed by atoms with E-state index in [2.05, 4.69) is 30.4 Å². The number of hydrogen-bond acceptors (Lipinski definition) is 3. The Kier molecular flexibility index (Phi) is 3.19. The molecule has 0 bridgehead atoms. The minimum Gasteiger partial charge on any atom is -0.494 e. The Bertz CT molecular complexity index is 314. The van der Waals surface area contributed by atoms with Crippen molar-refractivity contribution in [3.05, 3.63) is 18.2 Å². The number of rotatable bonds is 4. The second kappa shape index (κ2) is 4.60. The first-order chi connectivity index (χ1) is 6.90. The van der Waals surface area contributed by atoms with E-state index in [1.54, 1.807) is 0 Å². The summed E-state index contributed by atoms with van der Waals surface area (Å²) in [6, 6.07) is 6.26. The highest BCUT2D eigenvalue weighted by atomic mass is 32.2. The zero-order valence-electron chi connectivity index (χ0n) is 8.38. The zero-order chi connectivity index (χ0) is 9.80. The largest absolute Gasteiger partial charge is 0.494 e. The molecule has 0 radical (unpaired) electrons. The smallest absolute Gasteiger partial charge is 0.121 e. The summed E-state index contributed by atoms with van der Waals surface area (Å²) in [6.45, 7) is 2.99. The van der Waals surface area contributed by atoms with Gasteiger partial charge >= 0.3 is 0 Å². The lowest BCUT2D eigenvalue weighted by molar-refractivity contribution is 0.309. The molecule has 3 heteroatoms. The fourth-order valence-corrected chi connectivity index (χ4v) is 2.22. The summed E-state index contributed by atoms with van der Waals surface area (Å²) in [5, 5.41) is 3.31. The molecule has 1 N–H and O–H groups in total. The van der Waals surface area contributed by atoms with Gasteiger partial charge in [-0.3, -0.25) is 0 Å². The summed E-state index contributed by atoms with van der Waals surface area (Å²) in [5.41, 5.74) is 1.21. The number of hydrogen-bond donors (Lipinski definition) is 1. The number of ether oxygens (including phenoxy) is 1. The molecule has 0 unspecified atom stereocenters. The van der Waals surface area contributed by atoms with Crippen molar-refractivity contribution in [1.29, 1.82) is 0 Å². The molecule has 2 rings (SSSR count). The average molecular weight is 209 g/mol. The van der Waals surface area contributed by atoms with E-state index in [1.165, 1.54) is 17.0 Å². The Balaban J connectivity index is 1.98. The summed E-state index contributed by atoms with van der Waals surface area (Å²) in [5.74, 6) is 1.96. The summed E-state index contributed by atoms with van der Waals surface area (Å²) in [4.78, 5) is 1.33. The number of nitrogens with one attached hydrogen (secondary N) is 1. The van der Waals surface area contributed by atoms with Gasteiger partial charge in [-0.25, -0.2) is 0 Å². The van der Waals surface area contributed by atoms with Crippen molar-refractivity contribution in [2.24, 2.45) is 0 Å². The maximum absolute atomic E-state index is 5.62. The van der Waals surface area contributed by atoms with Crippen molar-refractivity contribution in [2.75, 3.05) is 17.8 Å². The number of fused-ring (bicyclic) bond motifs is 1. The third kappa shape index (κ3) is 2.15. The van der Waals surface area contributed by atoms with Gasteiger partial charge in [0.05, 0.1) is 18.2 Å². The highest BCUT2D eigenvalue weighted by Crippen LogP contribution is 2.35. The predicted octanol–water partition coefficient (Wildman–Crippen LogP) is 3.34. The quantitative estimate of drug-likeness (QED) is 0.768. The molecule has 1 aliphatic rings. The molecule has 0 spiro atoms. The van der Waals surface area contributed by atoms with Crippen molar-refractivity contribution >= 4 is 17.4 Å². The molecule has 0 saturated heterocycles. The zero-order valence-corrected chi connectivity index (χ0v) is 9.19. The molecular formula is C11H15NOS. The van der Waals surface area contributed by atoms with E-state index in [0.717, 1.165) is 24.7 Å². The summed E-state index contributed by atoms with van der Waals surface area (Å²) in [7, 11) is 0. The maximum Gasteiger partial charge on any atom is 0.121 e. The van der Waals surface area contributed by atoms with E-state index in [1.807, 2.05) is 11.8 Å². The molecule has 1 aromatic carbocycles. The minimum absolute atomic E-state index is 0.822. The fourth-order valence-electron chi connectivity index (χ4n) is 1.39. The van der Waals surface area contributed by atoms with Crippen molar-refractivity contribution < 1.29 is 4.74 Å². The van der Waals surface area contributed by atoms with Gasteiger partial charge in [0.15, 0.2) is 0 Å². The van der Waals surface area contributed by atoms with Gasteiger partial charge in [-0.05, 0) is 18.6 Å². The van der Waals surface area contributed by atoms with Gasteiger partial charge in [-0.15, -0.1) is 11.8 Å². The van der Waals surface area contributed by atoms with Crippen LogP contribution < -0.4 is 10.1 Å². The Hall–Kier alpha value is -0.830. The molecule has 0 aliphatic carbocycles. The van der Waals surface area contributed by atoms with Gasteiger partial charge in [-0.1, -0.05) is 13.3 Å². The highest BCUT2D eigenvalue weighted by molar-refractivity contribution is 7.99. The van der Waals surface area contributed by atoms with Crippen LogP contribution in [0.2, 0.25) is 0 Å². The Morgan fingerprint density at radius 1 is 1.50 bits per heavy atom. The maximum atomic E-state index is 5.62. The van der Waals surface area contributed by atoms with Gasteiger partial charge in [0.2, 0.25) is 0 Å². The third-order valence-corrected chi connectivity index (χ3v) is 3.16. The van der Waals surface area contributed by atoms with Crippen molar-refractivity contribution in [2.45, 2.75) is 24.7 Å². The van der Waals surface area contributed by atoms with Crippen LogP contribution in [0.4, 0.5) is 5.69 Å². The van der Waals surface area contributed by atoms with Crippen molar-refractivity contribution in [1.82, 2.24) is 0 Å². The van der Waals surface area contributed by atoms with E-state index in [4.69, 9.17) is 4.74 Å². The van der Waals surface area contributed by atoms with Gasteiger partial charge in [0.25, 0.3) is 0 Å². The lowest BCUT2D eigenvalue weighted by atomic mass is 10.3. The predicted molar refractivity (Wildman–Crippen MR) is 61.2 cm³/mol. The molecular weight excluding hydrogens is 194 g/mol. The molecule has 0 saturated carbocycles. The summed E-state index contributed by atoms with van der Waals surface area (Å²) in [6.07, 6.45) is 2.30. The number of benzene rings is 1. The number of thioether (sulfide) groups is 1. The third-order valence-electron chi connectivity index (χ3n) is 2.21. The molecule has 1 aromatic rings. The van der Waals surface area contributed by atoms with Crippen molar-refractivity contribution in [3.8, 4) is 5.75 Å². The molecule has 2 nitrogen and oxygen atoms in total. The topological polar surface area (TPSA) is 21.3 Å². The summed E-state index contributed by atoms with van der Waals surface area (Å²) >= 11 is 1.84. The van der Waals surface area contributed by atoms with Crippen LogP contribution in [0.15, 0.2) is 23.1 Å². The molecule has 0 atom stereocenters. The highest BCUT2D eigenvalue weighted by Gasteiger charge is 2.10. The number of anilines is 1. The van der Waals surface area contributed by atoms with Crippen molar-refractivity contribution in [3.63, 3.8) is 0 Å². The van der Waals surface area contributed by atoms with Crippen LogP contribution in [0, 0.1) is 0 Å². The molecule has 0 aromatic heterocycles. The second-order valence-corrected chi connectivity index (χ2v) is 4.34. The minimum atomic E-state index is 0.822. The van der Waals surface area contributed by atoms with Crippen LogP contribution in [0.5, 0.6) is 5.75 Å². The first-order valence-electron chi connectivity index (χ1n) is 5.03. The van der Waals surface area contributed by atoms with E-state index in [-0.39, 0.29) is 0 Å². The van der Waals surface area contributed by atoms with Crippen LogP contribution in [-0.4, -0.2) is 12.5 Å². The standard InChI is InChI=1S/C11H15NOS/c1-2-3-6-13-9-4-5-11-10(7-9)12-8-14-11/h4-5,7,12H,2-3,6,8H2,1H3. The van der Waals surface area contributed by atoms with Gasteiger partial charge in [0, 0.05) is 11.0 Å². The lowest BCUT2D eigenvalue weighted by Gasteiger charge is -2.06. The molecule has 1 heterocycles. The monoisotopic (exact) mass is 209 g/mol. The lowest BCUT2D eigenvalue weighted by Crippen LogP contribution is -1.97. The van der Waals surface area contributed by atoms with Gasteiger partial charge in [0.1, 0.15) is 5.75 Å². The molecule has 0 fully saturated rings. The Morgan fingerprint density at radius 3 is 3.29 bits per heavy atom. The fraction of sp³-hybridized carbons (Fsp3) is 0.455. The average Bonchev–Trinajstić information content (AvgIpc) is 2.65. The Labute approximate surface area is 89.0 Å². The second-order valence-electron chi connectivity index (χ2n) is 3.33. The van der Waals surface area contributed by atoms with Crippen LogP contribution in [-0.2, 0) is 0 Å².